The molecule has 0 unspecified atom stereocenters. The van der Waals surface area contributed by atoms with E-state index in [-0.39, 0.29) is 5.41 Å². The molecule has 2 heterocycles. The fourth-order valence-corrected chi connectivity index (χ4v) is 3.03. The lowest BCUT2D eigenvalue weighted by Gasteiger charge is -2.16. The van der Waals surface area contributed by atoms with E-state index in [1.165, 1.54) is 11.3 Å². The first-order valence-electron chi connectivity index (χ1n) is 7.00. The predicted octanol–water partition coefficient (Wildman–Crippen LogP) is 4.10. The summed E-state index contributed by atoms with van der Waals surface area (Å²) in [4.78, 5) is 0. The second kappa shape index (κ2) is 4.52. The molecule has 0 fully saturated rings. The lowest BCUT2D eigenvalue weighted by atomic mass is 9.89. The van der Waals surface area contributed by atoms with Gasteiger partial charge in [0.05, 0.1) is 11.4 Å². The Bertz CT molecular complexity index is 665. The normalized spacial score (nSPS) is 14.2. The van der Waals surface area contributed by atoms with Crippen molar-refractivity contribution in [2.45, 2.75) is 39.5 Å². The van der Waals surface area contributed by atoms with Gasteiger partial charge in [0, 0.05) is 22.5 Å². The molecule has 0 amide bonds. The number of aromatic nitrogens is 2. The molecule has 3 rings (SSSR count). The summed E-state index contributed by atoms with van der Waals surface area (Å²) in [6, 6.07) is 5.94. The molecule has 106 valence electrons. The Kier molecular flexibility index (Phi) is 3.05. The number of fused-ring (bicyclic) bond motifs is 1. The predicted molar refractivity (Wildman–Crippen MR) is 84.2 cm³/mol. The molecule has 1 N–H and O–H groups in total. The summed E-state index contributed by atoms with van der Waals surface area (Å²) in [5.74, 6) is 1.14. The molecule has 3 nitrogen and oxygen atoms in total. The molecule has 0 saturated carbocycles. The monoisotopic (exact) mass is 289 g/mol. The van der Waals surface area contributed by atoms with Gasteiger partial charge in [-0.3, -0.25) is 0 Å². The molecule has 0 spiro atoms. The van der Waals surface area contributed by atoms with Crippen molar-refractivity contribution >= 4 is 17.4 Å². The number of rotatable bonds is 1. The van der Waals surface area contributed by atoms with Crippen LogP contribution in [-0.4, -0.2) is 16.3 Å². The van der Waals surface area contributed by atoms with Gasteiger partial charge >= 0.3 is 0 Å². The van der Waals surface area contributed by atoms with Crippen LogP contribution in [0.5, 0.6) is 0 Å². The van der Waals surface area contributed by atoms with Crippen LogP contribution in [-0.2, 0) is 11.8 Å². The summed E-state index contributed by atoms with van der Waals surface area (Å²) in [6.07, 6.45) is 1.05. The third-order valence-corrected chi connectivity index (χ3v) is 3.98. The Hall–Kier alpha value is -1.48. The van der Waals surface area contributed by atoms with Crippen molar-refractivity contribution in [2.24, 2.45) is 0 Å². The third kappa shape index (κ3) is 2.10. The number of halogens is 1. The van der Waals surface area contributed by atoms with Gasteiger partial charge in [-0.2, -0.15) is 5.10 Å². The number of benzene rings is 1. The van der Waals surface area contributed by atoms with Crippen LogP contribution in [0.3, 0.4) is 0 Å². The van der Waals surface area contributed by atoms with E-state index in [2.05, 4.69) is 33.0 Å². The van der Waals surface area contributed by atoms with Crippen molar-refractivity contribution in [3.8, 4) is 5.69 Å². The van der Waals surface area contributed by atoms with E-state index in [1.807, 2.05) is 22.9 Å². The largest absolute Gasteiger partial charge is 0.369 e. The molecule has 1 aliphatic heterocycles. The quantitative estimate of drug-likeness (QED) is 0.856. The highest BCUT2D eigenvalue weighted by molar-refractivity contribution is 6.30. The fourth-order valence-electron chi connectivity index (χ4n) is 2.81. The third-order valence-electron chi connectivity index (χ3n) is 3.75. The van der Waals surface area contributed by atoms with E-state index < -0.39 is 0 Å². The molecule has 0 radical (unpaired) electrons. The lowest BCUT2D eigenvalue weighted by molar-refractivity contribution is 0.554. The van der Waals surface area contributed by atoms with Gasteiger partial charge in [0.2, 0.25) is 0 Å². The highest BCUT2D eigenvalue weighted by atomic mass is 35.5. The minimum absolute atomic E-state index is 0.0572. The van der Waals surface area contributed by atoms with Crippen molar-refractivity contribution in [3.05, 3.63) is 40.0 Å². The van der Waals surface area contributed by atoms with E-state index in [1.54, 1.807) is 0 Å². The molecule has 0 atom stereocenters. The van der Waals surface area contributed by atoms with Crippen molar-refractivity contribution < 1.29 is 0 Å². The molecule has 4 heteroatoms. The highest BCUT2D eigenvalue weighted by Gasteiger charge is 2.29. The molecular weight excluding hydrogens is 270 g/mol. The molecule has 0 saturated heterocycles. The summed E-state index contributed by atoms with van der Waals surface area (Å²) in [7, 11) is 0. The van der Waals surface area contributed by atoms with Crippen molar-refractivity contribution in [1.82, 2.24) is 9.78 Å². The Morgan fingerprint density at radius 3 is 2.70 bits per heavy atom. The van der Waals surface area contributed by atoms with Gasteiger partial charge in [-0.1, -0.05) is 32.4 Å². The van der Waals surface area contributed by atoms with E-state index in [0.29, 0.717) is 0 Å². The number of aryl methyl sites for hydroxylation is 1. The van der Waals surface area contributed by atoms with E-state index in [4.69, 9.17) is 16.7 Å². The van der Waals surface area contributed by atoms with Gasteiger partial charge in [-0.25, -0.2) is 4.68 Å². The SMILES string of the molecule is Cc1cc(Cl)ccc1-n1nc(C(C)(C)C)c2c1NCC2. The first-order valence-corrected chi connectivity index (χ1v) is 7.38. The van der Waals surface area contributed by atoms with Crippen LogP contribution in [0, 0.1) is 6.92 Å². The van der Waals surface area contributed by atoms with Crippen LogP contribution in [0.2, 0.25) is 5.02 Å². The maximum Gasteiger partial charge on any atom is 0.133 e. The first kappa shape index (κ1) is 13.5. The number of nitrogens with one attached hydrogen (secondary N) is 1. The minimum atomic E-state index is 0.0572. The molecule has 2 aromatic rings. The van der Waals surface area contributed by atoms with Gasteiger partial charge in [0.1, 0.15) is 5.82 Å². The number of nitrogens with zero attached hydrogens (tertiary/aromatic N) is 2. The second-order valence-electron chi connectivity index (χ2n) is 6.45. The summed E-state index contributed by atoms with van der Waals surface area (Å²) < 4.78 is 2.04. The van der Waals surface area contributed by atoms with Crippen LogP contribution in [0.25, 0.3) is 5.69 Å². The van der Waals surface area contributed by atoms with E-state index >= 15 is 0 Å². The number of hydrogen-bond donors (Lipinski definition) is 1. The van der Waals surface area contributed by atoms with Gasteiger partial charge in [-0.05, 0) is 37.1 Å². The molecule has 1 aliphatic rings. The van der Waals surface area contributed by atoms with Crippen molar-refractivity contribution in [3.63, 3.8) is 0 Å². The Morgan fingerprint density at radius 2 is 2.05 bits per heavy atom. The Balaban J connectivity index is 2.20. The Morgan fingerprint density at radius 1 is 1.30 bits per heavy atom. The fraction of sp³-hybridized carbons (Fsp3) is 0.438. The molecular formula is C16H20ClN3. The Labute approximate surface area is 124 Å². The van der Waals surface area contributed by atoms with Crippen LogP contribution >= 0.6 is 11.6 Å². The van der Waals surface area contributed by atoms with Gasteiger partial charge < -0.3 is 5.32 Å². The maximum atomic E-state index is 6.05. The molecule has 20 heavy (non-hydrogen) atoms. The van der Waals surface area contributed by atoms with Crippen LogP contribution in [0.1, 0.15) is 37.6 Å². The lowest BCUT2D eigenvalue weighted by Crippen LogP contribution is -2.15. The zero-order valence-electron chi connectivity index (χ0n) is 12.4. The van der Waals surface area contributed by atoms with Crippen molar-refractivity contribution in [1.29, 1.82) is 0 Å². The second-order valence-corrected chi connectivity index (χ2v) is 6.88. The number of hydrogen-bond acceptors (Lipinski definition) is 2. The summed E-state index contributed by atoms with van der Waals surface area (Å²) >= 11 is 6.05. The van der Waals surface area contributed by atoms with E-state index in [9.17, 15) is 0 Å². The molecule has 0 bridgehead atoms. The average molecular weight is 290 g/mol. The topological polar surface area (TPSA) is 29.9 Å². The van der Waals surface area contributed by atoms with Gasteiger partial charge in [0.25, 0.3) is 0 Å². The summed E-state index contributed by atoms with van der Waals surface area (Å²) in [5.41, 5.74) is 4.83. The first-order chi connectivity index (χ1) is 9.38. The zero-order valence-corrected chi connectivity index (χ0v) is 13.2. The smallest absolute Gasteiger partial charge is 0.133 e. The molecule has 1 aromatic heterocycles. The molecule has 0 aliphatic carbocycles. The van der Waals surface area contributed by atoms with Crippen LogP contribution < -0.4 is 5.32 Å². The van der Waals surface area contributed by atoms with Crippen LogP contribution in [0.15, 0.2) is 18.2 Å². The minimum Gasteiger partial charge on any atom is -0.369 e. The number of anilines is 1. The van der Waals surface area contributed by atoms with Gasteiger partial charge in [0.15, 0.2) is 0 Å². The maximum absolute atomic E-state index is 6.05. The zero-order chi connectivity index (χ0) is 14.5. The molecule has 1 aromatic carbocycles. The van der Waals surface area contributed by atoms with E-state index in [0.717, 1.165) is 35.1 Å². The van der Waals surface area contributed by atoms with Crippen LogP contribution in [0.4, 0.5) is 5.82 Å². The average Bonchev–Trinajstić information content (AvgIpc) is 2.89. The summed E-state index contributed by atoms with van der Waals surface area (Å²) in [5, 5.41) is 9.11. The summed E-state index contributed by atoms with van der Waals surface area (Å²) in [6.45, 7) is 9.71. The van der Waals surface area contributed by atoms with Crippen molar-refractivity contribution in [2.75, 3.05) is 11.9 Å². The standard InChI is InChI=1S/C16H20ClN3/c1-10-9-11(17)5-6-13(10)20-15-12(7-8-18-15)14(19-20)16(2,3)4/h5-6,9,18H,7-8H2,1-4H3. The van der Waals surface area contributed by atoms with Gasteiger partial charge in [-0.15, -0.1) is 0 Å². The highest BCUT2D eigenvalue weighted by Crippen LogP contribution is 2.35.